The summed E-state index contributed by atoms with van der Waals surface area (Å²) in [5.74, 6) is 0.849. The Morgan fingerprint density at radius 1 is 1.06 bits per heavy atom. The molecule has 0 radical (unpaired) electrons. The molecular formula is C23H22ClNO7. The maximum atomic E-state index is 13.3. The van der Waals surface area contributed by atoms with E-state index in [9.17, 15) is 9.59 Å². The van der Waals surface area contributed by atoms with Crippen LogP contribution in [0.15, 0.2) is 45.6 Å². The molecule has 1 amide bonds. The zero-order valence-electron chi connectivity index (χ0n) is 17.7. The van der Waals surface area contributed by atoms with Crippen molar-refractivity contribution in [1.29, 1.82) is 0 Å². The lowest BCUT2D eigenvalue weighted by Crippen LogP contribution is -2.43. The number of nitrogens with zero attached hydrogens (tertiary/aromatic N) is 1. The average Bonchev–Trinajstić information content (AvgIpc) is 2.83. The maximum absolute atomic E-state index is 13.3. The van der Waals surface area contributed by atoms with E-state index in [2.05, 4.69) is 0 Å². The van der Waals surface area contributed by atoms with Gasteiger partial charge in [0.1, 0.15) is 5.58 Å². The highest BCUT2D eigenvalue weighted by Crippen LogP contribution is 2.37. The van der Waals surface area contributed by atoms with E-state index in [-0.39, 0.29) is 29.4 Å². The highest BCUT2D eigenvalue weighted by atomic mass is 35.5. The number of carbonyl (C=O) groups excluding carboxylic acids is 1. The van der Waals surface area contributed by atoms with Crippen LogP contribution >= 0.6 is 11.6 Å². The molecule has 168 valence electrons. The lowest BCUT2D eigenvalue weighted by atomic mass is 10.1. The number of morpholine rings is 1. The summed E-state index contributed by atoms with van der Waals surface area (Å²) >= 11 is 6.08. The Hall–Kier alpha value is -3.23. The van der Waals surface area contributed by atoms with Crippen LogP contribution in [0, 0.1) is 0 Å². The first-order valence-electron chi connectivity index (χ1n) is 9.99. The van der Waals surface area contributed by atoms with Gasteiger partial charge in [-0.05, 0) is 36.4 Å². The number of benzene rings is 2. The normalized spacial score (nSPS) is 13.8. The Morgan fingerprint density at radius 3 is 2.53 bits per heavy atom. The summed E-state index contributed by atoms with van der Waals surface area (Å²) in [6, 6.07) is 9.86. The number of hydrogen-bond acceptors (Lipinski definition) is 7. The van der Waals surface area contributed by atoms with Crippen molar-refractivity contribution in [3.63, 3.8) is 0 Å². The number of rotatable bonds is 6. The Labute approximate surface area is 189 Å². The predicted octanol–water partition coefficient (Wildman–Crippen LogP) is 3.37. The third kappa shape index (κ3) is 4.37. The molecule has 1 aliphatic rings. The molecule has 0 bridgehead atoms. The summed E-state index contributed by atoms with van der Waals surface area (Å²) in [7, 11) is 3.04. The molecule has 0 atom stereocenters. The first-order valence-corrected chi connectivity index (χ1v) is 10.4. The minimum absolute atomic E-state index is 0.0754. The Bertz CT molecular complexity index is 1200. The smallest absolute Gasteiger partial charge is 0.260 e. The molecule has 0 spiro atoms. The Balaban J connectivity index is 1.77. The fraction of sp³-hybridized carbons (Fsp3) is 0.304. The van der Waals surface area contributed by atoms with E-state index < -0.39 is 5.43 Å². The van der Waals surface area contributed by atoms with Gasteiger partial charge in [0, 0.05) is 23.7 Å². The monoisotopic (exact) mass is 459 g/mol. The molecule has 0 N–H and O–H groups in total. The summed E-state index contributed by atoms with van der Waals surface area (Å²) in [6.45, 7) is 1.59. The number of amides is 1. The van der Waals surface area contributed by atoms with Crippen molar-refractivity contribution < 1.29 is 28.2 Å². The van der Waals surface area contributed by atoms with E-state index in [0.717, 1.165) is 0 Å². The SMILES string of the molecule is COc1ccc(-c2oc3ccc(Cl)cc3c(=O)c2OCC(=O)N2CCOCC2)cc1OC. The predicted molar refractivity (Wildman–Crippen MR) is 119 cm³/mol. The van der Waals surface area contributed by atoms with Crippen molar-refractivity contribution in [3.8, 4) is 28.6 Å². The van der Waals surface area contributed by atoms with Crippen molar-refractivity contribution >= 4 is 28.5 Å². The van der Waals surface area contributed by atoms with E-state index in [1.807, 2.05) is 0 Å². The number of ether oxygens (including phenoxy) is 4. The Kier molecular flexibility index (Phi) is 6.53. The van der Waals surface area contributed by atoms with E-state index in [0.29, 0.717) is 54.0 Å². The van der Waals surface area contributed by atoms with Gasteiger partial charge in [-0.2, -0.15) is 0 Å². The van der Waals surface area contributed by atoms with Crippen LogP contribution in [0.2, 0.25) is 5.02 Å². The van der Waals surface area contributed by atoms with Crippen molar-refractivity contribution in [2.45, 2.75) is 0 Å². The van der Waals surface area contributed by atoms with Gasteiger partial charge in [-0.1, -0.05) is 11.6 Å². The molecule has 2 heterocycles. The van der Waals surface area contributed by atoms with Gasteiger partial charge >= 0.3 is 0 Å². The quantitative estimate of drug-likeness (QED) is 0.558. The zero-order valence-corrected chi connectivity index (χ0v) is 18.4. The second kappa shape index (κ2) is 9.50. The highest BCUT2D eigenvalue weighted by Gasteiger charge is 2.23. The fourth-order valence-electron chi connectivity index (χ4n) is 3.49. The minimum Gasteiger partial charge on any atom is -0.493 e. The van der Waals surface area contributed by atoms with Crippen LogP contribution in [0.4, 0.5) is 0 Å². The summed E-state index contributed by atoms with van der Waals surface area (Å²) in [5, 5.41) is 0.648. The topological polar surface area (TPSA) is 87.4 Å². The second-order valence-electron chi connectivity index (χ2n) is 7.08. The molecule has 8 nitrogen and oxygen atoms in total. The van der Waals surface area contributed by atoms with Crippen LogP contribution in [0.3, 0.4) is 0 Å². The average molecular weight is 460 g/mol. The van der Waals surface area contributed by atoms with Crippen molar-refractivity contribution in [2.24, 2.45) is 0 Å². The molecule has 2 aromatic carbocycles. The molecule has 1 aliphatic heterocycles. The minimum atomic E-state index is -0.423. The van der Waals surface area contributed by atoms with Gasteiger partial charge in [-0.15, -0.1) is 0 Å². The van der Waals surface area contributed by atoms with Crippen LogP contribution in [-0.2, 0) is 9.53 Å². The second-order valence-corrected chi connectivity index (χ2v) is 7.52. The van der Waals surface area contributed by atoms with Crippen LogP contribution in [0.1, 0.15) is 0 Å². The first kappa shape index (κ1) is 22.0. The largest absolute Gasteiger partial charge is 0.493 e. The molecular weight excluding hydrogens is 438 g/mol. The fourth-order valence-corrected chi connectivity index (χ4v) is 3.66. The van der Waals surface area contributed by atoms with Crippen molar-refractivity contribution in [2.75, 3.05) is 47.1 Å². The number of halogens is 1. The van der Waals surface area contributed by atoms with E-state index in [1.165, 1.54) is 20.3 Å². The Morgan fingerprint density at radius 2 is 1.81 bits per heavy atom. The number of hydrogen-bond donors (Lipinski definition) is 0. The van der Waals surface area contributed by atoms with Gasteiger partial charge < -0.3 is 28.3 Å². The van der Waals surface area contributed by atoms with Gasteiger partial charge in [0.2, 0.25) is 11.2 Å². The molecule has 1 fully saturated rings. The molecule has 3 aromatic rings. The van der Waals surface area contributed by atoms with Gasteiger partial charge in [-0.25, -0.2) is 0 Å². The molecule has 32 heavy (non-hydrogen) atoms. The summed E-state index contributed by atoms with van der Waals surface area (Å²) in [6.07, 6.45) is 0. The maximum Gasteiger partial charge on any atom is 0.260 e. The van der Waals surface area contributed by atoms with Crippen molar-refractivity contribution in [3.05, 3.63) is 51.6 Å². The molecule has 4 rings (SSSR count). The van der Waals surface area contributed by atoms with Gasteiger partial charge in [0.25, 0.3) is 5.91 Å². The number of fused-ring (bicyclic) bond motifs is 1. The van der Waals surface area contributed by atoms with Crippen LogP contribution < -0.4 is 19.6 Å². The van der Waals surface area contributed by atoms with Crippen LogP contribution in [0.25, 0.3) is 22.3 Å². The molecule has 0 unspecified atom stereocenters. The van der Waals surface area contributed by atoms with E-state index >= 15 is 0 Å². The van der Waals surface area contributed by atoms with Crippen LogP contribution in [-0.4, -0.2) is 57.9 Å². The highest BCUT2D eigenvalue weighted by molar-refractivity contribution is 6.31. The van der Waals surface area contributed by atoms with Gasteiger partial charge in [-0.3, -0.25) is 9.59 Å². The summed E-state index contributed by atoms with van der Waals surface area (Å²) in [4.78, 5) is 27.5. The molecule has 9 heteroatoms. The zero-order chi connectivity index (χ0) is 22.7. The van der Waals surface area contributed by atoms with Gasteiger partial charge in [0.05, 0.1) is 32.8 Å². The third-order valence-electron chi connectivity index (χ3n) is 5.16. The summed E-state index contributed by atoms with van der Waals surface area (Å²) < 4.78 is 27.7. The lowest BCUT2D eigenvalue weighted by molar-refractivity contribution is -0.137. The molecule has 1 aromatic heterocycles. The number of methoxy groups -OCH3 is 2. The first-order chi connectivity index (χ1) is 15.5. The molecule has 1 saturated heterocycles. The third-order valence-corrected chi connectivity index (χ3v) is 5.40. The van der Waals surface area contributed by atoms with Gasteiger partial charge in [0.15, 0.2) is 23.9 Å². The summed E-state index contributed by atoms with van der Waals surface area (Å²) in [5.41, 5.74) is 0.453. The van der Waals surface area contributed by atoms with Crippen molar-refractivity contribution in [1.82, 2.24) is 4.90 Å². The van der Waals surface area contributed by atoms with Crippen LogP contribution in [0.5, 0.6) is 17.2 Å². The molecule has 0 saturated carbocycles. The standard InChI is InChI=1S/C23H22ClNO7/c1-28-18-5-3-14(11-19(18)29-2)22-23(31-13-20(26)25-7-9-30-10-8-25)21(27)16-12-15(24)4-6-17(16)32-22/h3-6,11-12H,7-10,13H2,1-2H3. The van der Waals surface area contributed by atoms with E-state index in [1.54, 1.807) is 35.2 Å². The lowest BCUT2D eigenvalue weighted by Gasteiger charge is -2.26. The molecule has 0 aliphatic carbocycles. The number of carbonyl (C=O) groups is 1. The van der Waals surface area contributed by atoms with E-state index in [4.69, 9.17) is 35.0 Å².